The molecule has 0 heterocycles. The Kier molecular flexibility index (Phi) is 6.71. The molecule has 166 valence electrons. The van der Waals surface area contributed by atoms with Gasteiger partial charge in [-0.15, -0.1) is 0 Å². The van der Waals surface area contributed by atoms with E-state index >= 15 is 0 Å². The molecule has 7 heteroatoms. The quantitative estimate of drug-likeness (QED) is 0.341. The standard InChI is InChI=1S/C26H23N3O3S/c30-26(23-16-8-10-18-25(23)28-21-12-3-1-4-13-21)27-19-20-11-7-9-17-24(20)29-33(31,32)22-14-5-2-6-15-22/h1-18,28-29H,19H2,(H,27,30). The van der Waals surface area contributed by atoms with Crippen LogP contribution < -0.4 is 15.4 Å². The molecule has 0 aliphatic rings. The third kappa shape index (κ3) is 5.58. The molecule has 3 N–H and O–H groups in total. The highest BCUT2D eigenvalue weighted by Gasteiger charge is 2.16. The SMILES string of the molecule is O=C(NCc1ccccc1NS(=O)(=O)c1ccccc1)c1ccccc1Nc1ccccc1. The number of carbonyl (C=O) groups excluding carboxylic acids is 1. The molecular weight excluding hydrogens is 434 g/mol. The lowest BCUT2D eigenvalue weighted by atomic mass is 10.1. The summed E-state index contributed by atoms with van der Waals surface area (Å²) in [7, 11) is -3.74. The van der Waals surface area contributed by atoms with Gasteiger partial charge in [0.1, 0.15) is 0 Å². The van der Waals surface area contributed by atoms with Crippen molar-refractivity contribution >= 4 is 33.0 Å². The normalized spacial score (nSPS) is 10.9. The van der Waals surface area contributed by atoms with Crippen LogP contribution in [0.5, 0.6) is 0 Å². The van der Waals surface area contributed by atoms with Crippen LogP contribution in [0.15, 0.2) is 114 Å². The Balaban J connectivity index is 1.49. The first-order valence-electron chi connectivity index (χ1n) is 10.4. The molecule has 0 bridgehead atoms. The van der Waals surface area contributed by atoms with Crippen molar-refractivity contribution < 1.29 is 13.2 Å². The largest absolute Gasteiger partial charge is 0.355 e. The van der Waals surface area contributed by atoms with Crippen LogP contribution in [-0.2, 0) is 16.6 Å². The van der Waals surface area contributed by atoms with E-state index in [0.717, 1.165) is 5.69 Å². The maximum absolute atomic E-state index is 13.0. The number of carbonyl (C=O) groups is 1. The lowest BCUT2D eigenvalue weighted by molar-refractivity contribution is 0.0952. The number of amides is 1. The minimum atomic E-state index is -3.74. The first-order valence-corrected chi connectivity index (χ1v) is 11.9. The summed E-state index contributed by atoms with van der Waals surface area (Å²) in [6.45, 7) is 0.159. The number of nitrogens with one attached hydrogen (secondary N) is 3. The van der Waals surface area contributed by atoms with Crippen LogP contribution in [0.2, 0.25) is 0 Å². The highest BCUT2D eigenvalue weighted by Crippen LogP contribution is 2.22. The van der Waals surface area contributed by atoms with Gasteiger partial charge in [0, 0.05) is 12.2 Å². The zero-order valence-corrected chi connectivity index (χ0v) is 18.5. The van der Waals surface area contributed by atoms with E-state index < -0.39 is 10.0 Å². The molecular formula is C26H23N3O3S. The van der Waals surface area contributed by atoms with Crippen molar-refractivity contribution in [2.75, 3.05) is 10.0 Å². The molecule has 0 fully saturated rings. The molecule has 0 spiro atoms. The van der Waals surface area contributed by atoms with Gasteiger partial charge in [-0.2, -0.15) is 0 Å². The number of anilines is 3. The van der Waals surface area contributed by atoms with Crippen LogP contribution in [0.25, 0.3) is 0 Å². The lowest BCUT2D eigenvalue weighted by Crippen LogP contribution is -2.24. The second-order valence-corrected chi connectivity index (χ2v) is 8.98. The summed E-state index contributed by atoms with van der Waals surface area (Å²) in [5.74, 6) is -0.269. The summed E-state index contributed by atoms with van der Waals surface area (Å²) in [6, 6.07) is 32.0. The highest BCUT2D eigenvalue weighted by atomic mass is 32.2. The Morgan fingerprint density at radius 3 is 1.97 bits per heavy atom. The average Bonchev–Trinajstić information content (AvgIpc) is 2.85. The molecule has 0 aliphatic heterocycles. The van der Waals surface area contributed by atoms with Crippen molar-refractivity contribution in [1.29, 1.82) is 0 Å². The molecule has 6 nitrogen and oxygen atoms in total. The van der Waals surface area contributed by atoms with Crippen LogP contribution >= 0.6 is 0 Å². The van der Waals surface area contributed by atoms with Crippen LogP contribution in [0.1, 0.15) is 15.9 Å². The maximum Gasteiger partial charge on any atom is 0.261 e. The first-order chi connectivity index (χ1) is 16.0. The lowest BCUT2D eigenvalue weighted by Gasteiger charge is -2.15. The summed E-state index contributed by atoms with van der Waals surface area (Å²) in [5, 5.41) is 6.15. The van der Waals surface area contributed by atoms with Crippen molar-refractivity contribution in [3.63, 3.8) is 0 Å². The van der Waals surface area contributed by atoms with Crippen molar-refractivity contribution in [2.24, 2.45) is 0 Å². The fraction of sp³-hybridized carbons (Fsp3) is 0.0385. The summed E-state index contributed by atoms with van der Waals surface area (Å²) in [6.07, 6.45) is 0. The van der Waals surface area contributed by atoms with Gasteiger partial charge in [-0.05, 0) is 48.0 Å². The fourth-order valence-corrected chi connectivity index (χ4v) is 4.44. The van der Waals surface area contributed by atoms with Gasteiger partial charge in [0.05, 0.1) is 21.8 Å². The predicted molar refractivity (Wildman–Crippen MR) is 131 cm³/mol. The van der Waals surface area contributed by atoms with E-state index in [0.29, 0.717) is 22.5 Å². The topological polar surface area (TPSA) is 87.3 Å². The van der Waals surface area contributed by atoms with E-state index in [9.17, 15) is 13.2 Å². The third-order valence-corrected chi connectivity index (χ3v) is 6.36. The van der Waals surface area contributed by atoms with Gasteiger partial charge in [0.2, 0.25) is 0 Å². The number of sulfonamides is 1. The van der Waals surface area contributed by atoms with Crippen LogP contribution in [0.4, 0.5) is 17.1 Å². The molecule has 4 rings (SSSR count). The Bertz CT molecular complexity index is 1340. The van der Waals surface area contributed by atoms with Crippen molar-refractivity contribution in [1.82, 2.24) is 5.32 Å². The molecule has 0 aliphatic carbocycles. The first kappa shape index (κ1) is 22.1. The van der Waals surface area contributed by atoms with E-state index in [1.807, 2.05) is 42.5 Å². The summed E-state index contributed by atoms with van der Waals surface area (Å²) < 4.78 is 28.1. The van der Waals surface area contributed by atoms with E-state index in [-0.39, 0.29) is 17.3 Å². The second kappa shape index (κ2) is 10.0. The Labute approximate surface area is 193 Å². The Morgan fingerprint density at radius 1 is 0.667 bits per heavy atom. The number of hydrogen-bond acceptors (Lipinski definition) is 4. The molecule has 1 amide bonds. The molecule has 4 aromatic rings. The molecule has 4 aromatic carbocycles. The smallest absolute Gasteiger partial charge is 0.261 e. The van der Waals surface area contributed by atoms with E-state index in [4.69, 9.17) is 0 Å². The van der Waals surface area contributed by atoms with Gasteiger partial charge < -0.3 is 10.6 Å². The maximum atomic E-state index is 13.0. The number of rotatable bonds is 8. The van der Waals surface area contributed by atoms with E-state index in [2.05, 4.69) is 15.4 Å². The van der Waals surface area contributed by atoms with Crippen LogP contribution in [0.3, 0.4) is 0 Å². The molecule has 0 atom stereocenters. The zero-order chi connectivity index (χ0) is 23.1. The minimum Gasteiger partial charge on any atom is -0.355 e. The monoisotopic (exact) mass is 457 g/mol. The van der Waals surface area contributed by atoms with E-state index in [1.165, 1.54) is 12.1 Å². The van der Waals surface area contributed by atoms with Crippen molar-refractivity contribution in [2.45, 2.75) is 11.4 Å². The molecule has 0 saturated carbocycles. The highest BCUT2D eigenvalue weighted by molar-refractivity contribution is 7.92. The molecule has 0 unspecified atom stereocenters. The molecule has 0 radical (unpaired) electrons. The Morgan fingerprint density at radius 2 is 1.24 bits per heavy atom. The van der Waals surface area contributed by atoms with Gasteiger partial charge in [0.25, 0.3) is 15.9 Å². The molecule has 0 saturated heterocycles. The summed E-state index contributed by atoms with van der Waals surface area (Å²) in [5.41, 5.74) is 3.11. The fourth-order valence-electron chi connectivity index (χ4n) is 3.32. The van der Waals surface area contributed by atoms with Gasteiger partial charge >= 0.3 is 0 Å². The average molecular weight is 458 g/mol. The van der Waals surface area contributed by atoms with Gasteiger partial charge in [0.15, 0.2) is 0 Å². The summed E-state index contributed by atoms with van der Waals surface area (Å²) in [4.78, 5) is 13.1. The van der Waals surface area contributed by atoms with Crippen LogP contribution in [0, 0.1) is 0 Å². The van der Waals surface area contributed by atoms with Gasteiger partial charge in [-0.1, -0.05) is 66.7 Å². The number of benzene rings is 4. The summed E-state index contributed by atoms with van der Waals surface area (Å²) >= 11 is 0. The van der Waals surface area contributed by atoms with Crippen LogP contribution in [-0.4, -0.2) is 14.3 Å². The Hall–Kier alpha value is -4.10. The molecule has 0 aromatic heterocycles. The van der Waals surface area contributed by atoms with Gasteiger partial charge in [-0.25, -0.2) is 8.42 Å². The molecule has 33 heavy (non-hydrogen) atoms. The van der Waals surface area contributed by atoms with Gasteiger partial charge in [-0.3, -0.25) is 9.52 Å². The minimum absolute atomic E-state index is 0.159. The van der Waals surface area contributed by atoms with Crippen molar-refractivity contribution in [3.05, 3.63) is 120 Å². The van der Waals surface area contributed by atoms with E-state index in [1.54, 1.807) is 54.6 Å². The number of para-hydroxylation sites is 3. The predicted octanol–water partition coefficient (Wildman–Crippen LogP) is 5.16. The van der Waals surface area contributed by atoms with Crippen molar-refractivity contribution in [3.8, 4) is 0 Å². The second-order valence-electron chi connectivity index (χ2n) is 7.29. The third-order valence-electron chi connectivity index (χ3n) is 4.98. The zero-order valence-electron chi connectivity index (χ0n) is 17.7. The number of hydrogen-bond donors (Lipinski definition) is 3.